The quantitative estimate of drug-likeness (QED) is 0.599. The van der Waals surface area contributed by atoms with Gasteiger partial charge in [-0.3, -0.25) is 0 Å². The minimum atomic E-state index is -0.497. The average molecular weight is 311 g/mol. The zero-order valence-electron chi connectivity index (χ0n) is 12.5. The topological polar surface area (TPSA) is 78.8 Å². The van der Waals surface area contributed by atoms with Crippen LogP contribution in [-0.2, 0) is 11.3 Å². The Labute approximate surface area is 134 Å². The molecule has 0 aliphatic heterocycles. The fourth-order valence-corrected chi connectivity index (χ4v) is 1.78. The van der Waals surface area contributed by atoms with Gasteiger partial charge in [0, 0.05) is 19.0 Å². The van der Waals surface area contributed by atoms with Gasteiger partial charge in [0.2, 0.25) is 0 Å². The number of alkyl carbamates (subject to hydrolysis) is 1. The first kappa shape index (κ1) is 16.2. The first-order chi connectivity index (χ1) is 11.1. The number of rotatable bonds is 4. The van der Waals surface area contributed by atoms with E-state index in [0.717, 1.165) is 5.56 Å². The van der Waals surface area contributed by atoms with Crippen LogP contribution in [0.2, 0.25) is 0 Å². The normalized spacial score (nSPS) is 9.57. The molecule has 0 aliphatic rings. The lowest BCUT2D eigenvalue weighted by atomic mass is 10.2. The van der Waals surface area contributed by atoms with Crippen molar-refractivity contribution in [3.05, 3.63) is 59.7 Å². The fraction of sp³-hybridized carbons (Fsp3) is 0.167. The molecule has 0 saturated carbocycles. The standard InChI is InChI=1S/C18H17NO4/c20-16-10-9-15(17(21)12-16)8-4-5-11-19-18(22)23-13-14-6-2-1-3-7-14/h1-3,6-7,9-10,12,20-21H,5,11,13H2,(H,19,22). The molecule has 5 heteroatoms. The van der Waals surface area contributed by atoms with E-state index in [2.05, 4.69) is 17.2 Å². The molecule has 0 fully saturated rings. The van der Waals surface area contributed by atoms with E-state index in [9.17, 15) is 15.0 Å². The molecule has 2 rings (SSSR count). The van der Waals surface area contributed by atoms with Crippen molar-refractivity contribution in [1.82, 2.24) is 5.32 Å². The second kappa shape index (κ2) is 8.35. The highest BCUT2D eigenvalue weighted by Crippen LogP contribution is 2.21. The Hall–Kier alpha value is -3.13. The van der Waals surface area contributed by atoms with E-state index in [-0.39, 0.29) is 18.1 Å². The third kappa shape index (κ3) is 5.64. The van der Waals surface area contributed by atoms with E-state index in [1.54, 1.807) is 0 Å². The molecule has 1 amide bonds. The largest absolute Gasteiger partial charge is 0.508 e. The van der Waals surface area contributed by atoms with Gasteiger partial charge >= 0.3 is 6.09 Å². The summed E-state index contributed by atoms with van der Waals surface area (Å²) in [5.41, 5.74) is 1.35. The zero-order valence-corrected chi connectivity index (χ0v) is 12.5. The predicted molar refractivity (Wildman–Crippen MR) is 85.9 cm³/mol. The fourth-order valence-electron chi connectivity index (χ4n) is 1.78. The summed E-state index contributed by atoms with van der Waals surface area (Å²) in [6.07, 6.45) is -0.0797. The smallest absolute Gasteiger partial charge is 0.407 e. The van der Waals surface area contributed by atoms with Crippen molar-refractivity contribution >= 4 is 6.09 Å². The molecule has 2 aromatic rings. The number of aromatic hydroxyl groups is 2. The van der Waals surface area contributed by atoms with Gasteiger partial charge in [0.25, 0.3) is 0 Å². The minimum absolute atomic E-state index is 0.0177. The van der Waals surface area contributed by atoms with Crippen LogP contribution in [0.1, 0.15) is 17.5 Å². The molecule has 118 valence electrons. The molecule has 2 aromatic carbocycles. The first-order valence-corrected chi connectivity index (χ1v) is 7.10. The van der Waals surface area contributed by atoms with Crippen LogP contribution in [0.3, 0.4) is 0 Å². The molecular weight excluding hydrogens is 294 g/mol. The van der Waals surface area contributed by atoms with E-state index in [0.29, 0.717) is 18.5 Å². The number of carbonyl (C=O) groups excluding carboxylic acids is 1. The number of ether oxygens (including phenoxy) is 1. The minimum Gasteiger partial charge on any atom is -0.508 e. The van der Waals surface area contributed by atoms with Crippen molar-refractivity contribution in [2.24, 2.45) is 0 Å². The van der Waals surface area contributed by atoms with E-state index in [4.69, 9.17) is 4.74 Å². The van der Waals surface area contributed by atoms with Gasteiger partial charge in [0.05, 0.1) is 5.56 Å². The number of hydrogen-bond donors (Lipinski definition) is 3. The van der Waals surface area contributed by atoms with Crippen molar-refractivity contribution < 1.29 is 19.7 Å². The van der Waals surface area contributed by atoms with Crippen LogP contribution in [0.15, 0.2) is 48.5 Å². The van der Waals surface area contributed by atoms with Crippen LogP contribution < -0.4 is 5.32 Å². The summed E-state index contributed by atoms with van der Waals surface area (Å²) >= 11 is 0. The number of phenols is 2. The maximum atomic E-state index is 11.5. The van der Waals surface area contributed by atoms with Crippen LogP contribution in [0.5, 0.6) is 11.5 Å². The Bertz CT molecular complexity index is 717. The molecule has 0 spiro atoms. The predicted octanol–water partition coefficient (Wildman–Crippen LogP) is 2.77. The Morgan fingerprint density at radius 3 is 2.65 bits per heavy atom. The lowest BCUT2D eigenvalue weighted by molar-refractivity contribution is 0.140. The molecule has 0 bridgehead atoms. The van der Waals surface area contributed by atoms with Gasteiger partial charge in [0.1, 0.15) is 18.1 Å². The summed E-state index contributed by atoms with van der Waals surface area (Å²) in [5.74, 6) is 5.50. The lowest BCUT2D eigenvalue weighted by Gasteiger charge is -2.05. The number of amides is 1. The van der Waals surface area contributed by atoms with E-state index >= 15 is 0 Å². The van der Waals surface area contributed by atoms with Crippen molar-refractivity contribution in [2.75, 3.05) is 6.54 Å². The maximum Gasteiger partial charge on any atom is 0.407 e. The molecular formula is C18H17NO4. The summed E-state index contributed by atoms with van der Waals surface area (Å²) in [6.45, 7) is 0.569. The molecule has 0 aromatic heterocycles. The van der Waals surface area contributed by atoms with Crippen molar-refractivity contribution in [1.29, 1.82) is 0 Å². The number of phenolic OH excluding ortho intramolecular Hbond substituents is 2. The molecule has 0 atom stereocenters. The second-order valence-electron chi connectivity index (χ2n) is 4.74. The third-order valence-electron chi connectivity index (χ3n) is 2.94. The summed E-state index contributed by atoms with van der Waals surface area (Å²) in [4.78, 5) is 11.5. The zero-order chi connectivity index (χ0) is 16.5. The highest BCUT2D eigenvalue weighted by molar-refractivity contribution is 5.67. The summed E-state index contributed by atoms with van der Waals surface area (Å²) in [7, 11) is 0. The van der Waals surface area contributed by atoms with Gasteiger partial charge in [-0.2, -0.15) is 0 Å². The molecule has 3 N–H and O–H groups in total. The number of benzene rings is 2. The number of nitrogens with one attached hydrogen (secondary N) is 1. The summed E-state index contributed by atoms with van der Waals surface area (Å²) in [5, 5.41) is 21.3. The molecule has 0 saturated heterocycles. The van der Waals surface area contributed by atoms with E-state index in [1.807, 2.05) is 30.3 Å². The first-order valence-electron chi connectivity index (χ1n) is 7.10. The second-order valence-corrected chi connectivity index (χ2v) is 4.74. The van der Waals surface area contributed by atoms with Gasteiger partial charge in [-0.05, 0) is 17.7 Å². The van der Waals surface area contributed by atoms with Crippen LogP contribution in [0.25, 0.3) is 0 Å². The third-order valence-corrected chi connectivity index (χ3v) is 2.94. The highest BCUT2D eigenvalue weighted by atomic mass is 16.5. The number of carbonyl (C=O) groups is 1. The van der Waals surface area contributed by atoms with Crippen LogP contribution in [0.4, 0.5) is 4.79 Å². The molecule has 5 nitrogen and oxygen atoms in total. The molecule has 0 heterocycles. The monoisotopic (exact) mass is 311 g/mol. The van der Waals surface area contributed by atoms with E-state index < -0.39 is 6.09 Å². The van der Waals surface area contributed by atoms with Gasteiger partial charge in [0.15, 0.2) is 0 Å². The van der Waals surface area contributed by atoms with Crippen LogP contribution >= 0.6 is 0 Å². The van der Waals surface area contributed by atoms with Crippen LogP contribution in [-0.4, -0.2) is 22.9 Å². The van der Waals surface area contributed by atoms with E-state index in [1.165, 1.54) is 18.2 Å². The van der Waals surface area contributed by atoms with Gasteiger partial charge in [-0.25, -0.2) is 4.79 Å². The molecule has 0 unspecified atom stereocenters. The molecule has 0 radical (unpaired) electrons. The van der Waals surface area contributed by atoms with Crippen LogP contribution in [0, 0.1) is 11.8 Å². The highest BCUT2D eigenvalue weighted by Gasteiger charge is 2.01. The summed E-state index contributed by atoms with van der Waals surface area (Å²) < 4.78 is 5.06. The van der Waals surface area contributed by atoms with Crippen molar-refractivity contribution in [3.8, 4) is 23.3 Å². The number of hydrogen-bond acceptors (Lipinski definition) is 4. The summed E-state index contributed by atoms with van der Waals surface area (Å²) in [6, 6.07) is 13.6. The Balaban J connectivity index is 1.69. The SMILES string of the molecule is O=C(NCCC#Cc1ccc(O)cc1O)OCc1ccccc1. The van der Waals surface area contributed by atoms with Gasteiger partial charge in [-0.15, -0.1) is 0 Å². The van der Waals surface area contributed by atoms with Gasteiger partial charge < -0.3 is 20.3 Å². The Morgan fingerprint density at radius 1 is 1.13 bits per heavy atom. The van der Waals surface area contributed by atoms with Gasteiger partial charge in [-0.1, -0.05) is 42.2 Å². The van der Waals surface area contributed by atoms with Crippen molar-refractivity contribution in [3.63, 3.8) is 0 Å². The molecule has 23 heavy (non-hydrogen) atoms. The van der Waals surface area contributed by atoms with Crippen molar-refractivity contribution in [2.45, 2.75) is 13.0 Å². The average Bonchev–Trinajstić information content (AvgIpc) is 2.55. The Morgan fingerprint density at radius 2 is 1.91 bits per heavy atom. The Kier molecular flexibility index (Phi) is 5.89. The molecule has 0 aliphatic carbocycles. The lowest BCUT2D eigenvalue weighted by Crippen LogP contribution is -2.24. The maximum absolute atomic E-state index is 11.5.